The minimum Gasteiger partial charge on any atom is -0.490 e. The topological polar surface area (TPSA) is 64.3 Å². The Morgan fingerprint density at radius 1 is 1.35 bits per heavy atom. The van der Waals surface area contributed by atoms with Crippen molar-refractivity contribution < 1.29 is 22.7 Å². The molecule has 1 atom stereocenters. The maximum atomic E-state index is 12.4. The minimum absolute atomic E-state index is 0.0505. The molecule has 0 aliphatic heterocycles. The van der Waals surface area contributed by atoms with E-state index in [1.165, 1.54) is 12.1 Å². The monoisotopic (exact) mass is 326 g/mol. The van der Waals surface area contributed by atoms with Crippen LogP contribution in [-0.2, 0) is 6.18 Å². The maximum Gasteiger partial charge on any atom is 0.416 e. The third-order valence-electron chi connectivity index (χ3n) is 3.44. The van der Waals surface area contributed by atoms with Gasteiger partial charge in [-0.15, -0.1) is 0 Å². The smallest absolute Gasteiger partial charge is 0.416 e. The molecular formula is C16H17F3N2O2. The van der Waals surface area contributed by atoms with Gasteiger partial charge in [0.05, 0.1) is 11.6 Å². The minimum atomic E-state index is -4.34. The van der Waals surface area contributed by atoms with Gasteiger partial charge in [-0.05, 0) is 44.0 Å². The predicted molar refractivity (Wildman–Crippen MR) is 78.5 cm³/mol. The Morgan fingerprint density at radius 3 is 2.48 bits per heavy atom. The number of alkyl halides is 3. The van der Waals surface area contributed by atoms with Gasteiger partial charge in [0.1, 0.15) is 11.9 Å². The van der Waals surface area contributed by atoms with Gasteiger partial charge in [0.25, 0.3) is 0 Å². The molecule has 0 bridgehead atoms. The summed E-state index contributed by atoms with van der Waals surface area (Å²) in [6.07, 6.45) is -2.98. The average molecular weight is 326 g/mol. The highest BCUT2D eigenvalue weighted by atomic mass is 19.4. The summed E-state index contributed by atoms with van der Waals surface area (Å²) in [5, 5.41) is 2.46. The fourth-order valence-corrected chi connectivity index (χ4v) is 2.19. The zero-order valence-corrected chi connectivity index (χ0v) is 12.5. The van der Waals surface area contributed by atoms with E-state index in [0.717, 1.165) is 12.1 Å². The lowest BCUT2D eigenvalue weighted by Gasteiger charge is -2.32. The molecular weight excluding hydrogens is 309 g/mol. The van der Waals surface area contributed by atoms with Gasteiger partial charge < -0.3 is 15.8 Å². The van der Waals surface area contributed by atoms with Crippen molar-refractivity contribution in [2.24, 2.45) is 11.7 Å². The molecule has 0 heterocycles. The lowest BCUT2D eigenvalue weighted by atomic mass is 9.82. The van der Waals surface area contributed by atoms with Crippen LogP contribution in [0.2, 0.25) is 0 Å². The molecule has 0 aromatic heterocycles. The number of halogens is 3. The number of hydrogen-bond donors (Lipinski definition) is 2. The molecule has 1 aromatic carbocycles. The Morgan fingerprint density at radius 2 is 1.96 bits per heavy atom. The molecule has 1 fully saturated rings. The van der Waals surface area contributed by atoms with Gasteiger partial charge in [-0.25, -0.2) is 4.79 Å². The number of ether oxygens (including phenoxy) is 1. The van der Waals surface area contributed by atoms with Crippen LogP contribution < -0.4 is 15.8 Å². The van der Waals surface area contributed by atoms with Crippen LogP contribution in [0.3, 0.4) is 0 Å². The van der Waals surface area contributed by atoms with E-state index in [0.29, 0.717) is 18.6 Å². The van der Waals surface area contributed by atoms with Crippen molar-refractivity contribution in [2.75, 3.05) is 0 Å². The number of benzene rings is 1. The molecule has 0 radical (unpaired) electrons. The Kier molecular flexibility index (Phi) is 5.04. The number of amides is 2. The first-order valence-electron chi connectivity index (χ1n) is 7.15. The number of rotatable bonds is 3. The summed E-state index contributed by atoms with van der Waals surface area (Å²) in [5.74, 6) is 6.48. The van der Waals surface area contributed by atoms with Crippen LogP contribution >= 0.6 is 0 Å². The van der Waals surface area contributed by atoms with Crippen LogP contribution in [0.25, 0.3) is 0 Å². The van der Waals surface area contributed by atoms with E-state index >= 15 is 0 Å². The molecule has 1 unspecified atom stereocenters. The third kappa shape index (κ3) is 5.09. The third-order valence-corrected chi connectivity index (χ3v) is 3.44. The number of hydrogen-bond acceptors (Lipinski definition) is 2. The summed E-state index contributed by atoms with van der Waals surface area (Å²) < 4.78 is 42.9. The Bertz CT molecular complexity index is 611. The first kappa shape index (κ1) is 17.0. The average Bonchev–Trinajstić information content (AvgIpc) is 2.39. The Balaban J connectivity index is 1.78. The molecule has 4 nitrogen and oxygen atoms in total. The summed E-state index contributed by atoms with van der Waals surface area (Å²) in [4.78, 5) is 10.6. The highest BCUT2D eigenvalue weighted by Gasteiger charge is 2.31. The summed E-state index contributed by atoms with van der Waals surface area (Å²) in [7, 11) is 0. The number of carbonyl (C=O) groups excluding carboxylic acids is 1. The fraction of sp³-hybridized carbons (Fsp3) is 0.438. The van der Waals surface area contributed by atoms with Crippen molar-refractivity contribution in [1.29, 1.82) is 0 Å². The quantitative estimate of drug-likeness (QED) is 0.839. The molecule has 0 saturated heterocycles. The van der Waals surface area contributed by atoms with Crippen LogP contribution in [0.1, 0.15) is 25.3 Å². The number of primary amides is 1. The molecule has 1 aliphatic carbocycles. The van der Waals surface area contributed by atoms with Crippen molar-refractivity contribution in [3.8, 4) is 17.6 Å². The molecule has 1 saturated carbocycles. The van der Waals surface area contributed by atoms with E-state index in [1.54, 1.807) is 6.92 Å². The van der Waals surface area contributed by atoms with E-state index in [4.69, 9.17) is 10.5 Å². The number of nitrogens with one attached hydrogen (secondary N) is 1. The second-order valence-electron chi connectivity index (χ2n) is 5.45. The normalized spacial score (nSPS) is 21.4. The van der Waals surface area contributed by atoms with Gasteiger partial charge in [0.15, 0.2) is 0 Å². The molecule has 2 rings (SSSR count). The number of urea groups is 1. The van der Waals surface area contributed by atoms with Gasteiger partial charge in [0.2, 0.25) is 0 Å². The van der Waals surface area contributed by atoms with Crippen molar-refractivity contribution >= 4 is 6.03 Å². The molecule has 124 valence electrons. The van der Waals surface area contributed by atoms with Gasteiger partial charge in [0, 0.05) is 5.92 Å². The van der Waals surface area contributed by atoms with Crippen LogP contribution in [-0.4, -0.2) is 18.2 Å². The highest BCUT2D eigenvalue weighted by molar-refractivity contribution is 5.72. The second-order valence-corrected chi connectivity index (χ2v) is 5.45. The van der Waals surface area contributed by atoms with Crippen LogP contribution in [0.4, 0.5) is 18.0 Å². The molecule has 3 N–H and O–H groups in total. The largest absolute Gasteiger partial charge is 0.490 e. The molecule has 1 aromatic rings. The van der Waals surface area contributed by atoms with E-state index in [9.17, 15) is 18.0 Å². The Hall–Kier alpha value is -2.36. The zero-order chi connectivity index (χ0) is 17.0. The molecule has 23 heavy (non-hydrogen) atoms. The van der Waals surface area contributed by atoms with E-state index in [2.05, 4.69) is 17.2 Å². The first-order chi connectivity index (χ1) is 10.7. The van der Waals surface area contributed by atoms with Crippen molar-refractivity contribution in [3.05, 3.63) is 29.8 Å². The highest BCUT2D eigenvalue weighted by Crippen LogP contribution is 2.33. The maximum absolute atomic E-state index is 12.4. The van der Waals surface area contributed by atoms with Crippen LogP contribution in [0.15, 0.2) is 24.3 Å². The van der Waals surface area contributed by atoms with E-state index < -0.39 is 17.8 Å². The molecule has 0 spiro atoms. The number of carbonyl (C=O) groups is 1. The van der Waals surface area contributed by atoms with E-state index in [-0.39, 0.29) is 18.1 Å². The standard InChI is InChI=1S/C16H17F3N2O2/c1-10(21-15(20)22)2-3-11-8-14(9-11)23-13-6-4-12(5-7-13)16(17,18)19/h4-7,10-11,14H,8-9H2,1H3,(H3,20,21,22)/t10?,11-,14+. The lowest BCUT2D eigenvalue weighted by Crippen LogP contribution is -2.36. The van der Waals surface area contributed by atoms with Crippen LogP contribution in [0.5, 0.6) is 5.75 Å². The predicted octanol–water partition coefficient (Wildman–Crippen LogP) is 2.92. The second kappa shape index (κ2) is 6.82. The molecule has 2 amide bonds. The summed E-state index contributed by atoms with van der Waals surface area (Å²) in [6.45, 7) is 1.73. The van der Waals surface area contributed by atoms with Crippen molar-refractivity contribution in [2.45, 2.75) is 38.1 Å². The summed E-state index contributed by atoms with van der Waals surface area (Å²) in [6, 6.07) is 3.71. The van der Waals surface area contributed by atoms with Crippen molar-refractivity contribution in [3.63, 3.8) is 0 Å². The Labute approximate surface area is 132 Å². The van der Waals surface area contributed by atoms with Crippen molar-refractivity contribution in [1.82, 2.24) is 5.32 Å². The van der Waals surface area contributed by atoms with E-state index in [1.807, 2.05) is 0 Å². The number of nitrogens with two attached hydrogens (primary N) is 1. The zero-order valence-electron chi connectivity index (χ0n) is 12.5. The van der Waals surface area contributed by atoms with Gasteiger partial charge >= 0.3 is 12.2 Å². The summed E-state index contributed by atoms with van der Waals surface area (Å²) in [5.41, 5.74) is 4.29. The van der Waals surface area contributed by atoms with Gasteiger partial charge in [-0.1, -0.05) is 11.8 Å². The van der Waals surface area contributed by atoms with Gasteiger partial charge in [-0.3, -0.25) is 0 Å². The lowest BCUT2D eigenvalue weighted by molar-refractivity contribution is -0.137. The SMILES string of the molecule is CC(C#C[C@H]1C[C@@H](Oc2ccc(C(F)(F)F)cc2)C1)NC(N)=O. The molecule has 1 aliphatic rings. The fourth-order valence-electron chi connectivity index (χ4n) is 2.19. The van der Waals surface area contributed by atoms with Crippen LogP contribution in [0, 0.1) is 17.8 Å². The molecule has 7 heteroatoms. The summed E-state index contributed by atoms with van der Waals surface area (Å²) >= 11 is 0. The van der Waals surface area contributed by atoms with Gasteiger partial charge in [-0.2, -0.15) is 13.2 Å². The first-order valence-corrected chi connectivity index (χ1v) is 7.15.